The predicted octanol–water partition coefficient (Wildman–Crippen LogP) is 8.65. The first-order valence-electron chi connectivity index (χ1n) is 13.4. The van der Waals surface area contributed by atoms with Crippen molar-refractivity contribution in [2.75, 3.05) is 0 Å². The Bertz CT molecular complexity index is 855. The highest BCUT2D eigenvalue weighted by Gasteiger charge is 2.36. The van der Waals surface area contributed by atoms with E-state index in [-0.39, 0.29) is 5.41 Å². The molecule has 1 saturated carbocycles. The number of unbranched alkanes of at least 4 members (excludes halogenated alkanes) is 5. The molecule has 0 saturated heterocycles. The van der Waals surface area contributed by atoms with Crippen molar-refractivity contribution in [1.29, 1.82) is 5.26 Å². The molecule has 0 spiro atoms. The molecule has 0 amide bonds. The Morgan fingerprint density at radius 2 is 1.61 bits per heavy atom. The van der Waals surface area contributed by atoms with E-state index in [9.17, 15) is 5.26 Å². The highest BCUT2D eigenvalue weighted by atomic mass is 14.9. The molecule has 0 aliphatic heterocycles. The minimum atomic E-state index is -0.100. The van der Waals surface area contributed by atoms with Crippen LogP contribution in [0, 0.1) is 22.7 Å². The summed E-state index contributed by atoms with van der Waals surface area (Å²) in [6.45, 7) is 6.78. The lowest BCUT2D eigenvalue weighted by Crippen LogP contribution is -2.27. The lowest BCUT2D eigenvalue weighted by Gasteiger charge is -2.36. The van der Waals surface area contributed by atoms with Crippen molar-refractivity contribution in [3.8, 4) is 17.5 Å². The van der Waals surface area contributed by atoms with Gasteiger partial charge in [0.1, 0.15) is 0 Å². The highest BCUT2D eigenvalue weighted by Crippen LogP contribution is 2.46. The number of aromatic nitrogens is 2. The number of rotatable bonds is 12. The maximum atomic E-state index is 9.85. The Hall–Kier alpha value is -2.21. The molecule has 0 unspecified atom stereocenters. The molecule has 3 rings (SSSR count). The third-order valence-electron chi connectivity index (χ3n) is 7.78. The van der Waals surface area contributed by atoms with E-state index in [0.29, 0.717) is 11.8 Å². The fraction of sp³-hybridized carbons (Fsp3) is 0.633. The molecule has 178 valence electrons. The van der Waals surface area contributed by atoms with Crippen LogP contribution in [0.1, 0.15) is 115 Å². The number of benzene rings is 1. The van der Waals surface area contributed by atoms with Gasteiger partial charge < -0.3 is 0 Å². The maximum absolute atomic E-state index is 9.85. The Balaban J connectivity index is 1.51. The van der Waals surface area contributed by atoms with E-state index in [4.69, 9.17) is 0 Å². The lowest BCUT2D eigenvalue weighted by molar-refractivity contribution is 0.198. The SMILES string of the molecule is CCCCCCCCc1cnc(-c2ccc([C@H]3CC[C@@](C#N)(C[C@H](C)CC)CC3)cc2)nc1. The number of hydrogen-bond acceptors (Lipinski definition) is 3. The zero-order valence-electron chi connectivity index (χ0n) is 21.2. The van der Waals surface area contributed by atoms with Gasteiger partial charge >= 0.3 is 0 Å². The van der Waals surface area contributed by atoms with Crippen molar-refractivity contribution in [3.05, 3.63) is 47.8 Å². The van der Waals surface area contributed by atoms with Gasteiger partial charge in [0.15, 0.2) is 5.82 Å². The minimum Gasteiger partial charge on any atom is -0.236 e. The van der Waals surface area contributed by atoms with E-state index >= 15 is 0 Å². The lowest BCUT2D eigenvalue weighted by atomic mass is 9.66. The second kappa shape index (κ2) is 12.9. The molecule has 0 radical (unpaired) electrons. The molecule has 1 aromatic heterocycles. The van der Waals surface area contributed by atoms with Crippen LogP contribution in [0.2, 0.25) is 0 Å². The van der Waals surface area contributed by atoms with Crippen LogP contribution in [0.3, 0.4) is 0 Å². The van der Waals surface area contributed by atoms with E-state index < -0.39 is 0 Å². The predicted molar refractivity (Wildman–Crippen MR) is 138 cm³/mol. The molecule has 0 bridgehead atoms. The van der Waals surface area contributed by atoms with Crippen LogP contribution in [-0.4, -0.2) is 9.97 Å². The minimum absolute atomic E-state index is 0.100. The molecule has 1 aliphatic carbocycles. The maximum Gasteiger partial charge on any atom is 0.159 e. The van der Waals surface area contributed by atoms with Crippen LogP contribution in [-0.2, 0) is 6.42 Å². The summed E-state index contributed by atoms with van der Waals surface area (Å²) >= 11 is 0. The average molecular weight is 446 g/mol. The van der Waals surface area contributed by atoms with Crippen LogP contribution in [0.5, 0.6) is 0 Å². The van der Waals surface area contributed by atoms with E-state index in [2.05, 4.69) is 61.1 Å². The molecule has 1 aromatic carbocycles. The number of hydrogen-bond donors (Lipinski definition) is 0. The van der Waals surface area contributed by atoms with Crippen LogP contribution in [0.25, 0.3) is 11.4 Å². The van der Waals surface area contributed by atoms with Gasteiger partial charge in [0.05, 0.1) is 11.5 Å². The third kappa shape index (κ3) is 7.39. The zero-order valence-corrected chi connectivity index (χ0v) is 21.2. The van der Waals surface area contributed by atoms with Gasteiger partial charge in [-0.2, -0.15) is 5.26 Å². The Morgan fingerprint density at radius 3 is 2.21 bits per heavy atom. The molecule has 3 heteroatoms. The average Bonchev–Trinajstić information content (AvgIpc) is 2.87. The fourth-order valence-corrected chi connectivity index (χ4v) is 5.32. The highest BCUT2D eigenvalue weighted by molar-refractivity contribution is 5.55. The molecule has 33 heavy (non-hydrogen) atoms. The number of aryl methyl sites for hydroxylation is 1. The summed E-state index contributed by atoms with van der Waals surface area (Å²) in [7, 11) is 0. The molecule has 0 N–H and O–H groups in total. The monoisotopic (exact) mass is 445 g/mol. The first-order chi connectivity index (χ1) is 16.1. The zero-order chi connectivity index (χ0) is 23.5. The summed E-state index contributed by atoms with van der Waals surface area (Å²) in [4.78, 5) is 9.28. The van der Waals surface area contributed by atoms with Gasteiger partial charge in [0, 0.05) is 18.0 Å². The van der Waals surface area contributed by atoms with E-state index in [1.165, 1.54) is 49.7 Å². The summed E-state index contributed by atoms with van der Waals surface area (Å²) in [5.74, 6) is 2.02. The quantitative estimate of drug-likeness (QED) is 0.307. The number of nitrogens with zero attached hydrogens (tertiary/aromatic N) is 3. The van der Waals surface area contributed by atoms with Crippen molar-refractivity contribution < 1.29 is 0 Å². The topological polar surface area (TPSA) is 49.6 Å². The van der Waals surface area contributed by atoms with Gasteiger partial charge in [-0.1, -0.05) is 83.6 Å². The summed E-state index contributed by atoms with van der Waals surface area (Å²) in [5.41, 5.74) is 3.63. The van der Waals surface area contributed by atoms with Crippen molar-refractivity contribution in [2.24, 2.45) is 11.3 Å². The third-order valence-corrected chi connectivity index (χ3v) is 7.78. The summed E-state index contributed by atoms with van der Waals surface area (Å²) < 4.78 is 0. The smallest absolute Gasteiger partial charge is 0.159 e. The van der Waals surface area contributed by atoms with E-state index in [0.717, 1.165) is 56.3 Å². The van der Waals surface area contributed by atoms with Crippen LogP contribution in [0.4, 0.5) is 0 Å². The Labute approximate surface area is 202 Å². The molecule has 1 fully saturated rings. The molecular formula is C30H43N3. The number of nitriles is 1. The van der Waals surface area contributed by atoms with Gasteiger partial charge in [-0.15, -0.1) is 0 Å². The fourth-order valence-electron chi connectivity index (χ4n) is 5.32. The summed E-state index contributed by atoms with van der Waals surface area (Å²) in [5, 5.41) is 9.85. The first kappa shape index (κ1) is 25.4. The van der Waals surface area contributed by atoms with Crippen molar-refractivity contribution in [2.45, 2.75) is 110 Å². The van der Waals surface area contributed by atoms with Gasteiger partial charge in [-0.25, -0.2) is 9.97 Å². The van der Waals surface area contributed by atoms with Crippen LogP contribution >= 0.6 is 0 Å². The van der Waals surface area contributed by atoms with Crippen molar-refractivity contribution >= 4 is 0 Å². The van der Waals surface area contributed by atoms with Crippen molar-refractivity contribution in [1.82, 2.24) is 9.97 Å². The van der Waals surface area contributed by atoms with Gasteiger partial charge in [-0.3, -0.25) is 0 Å². The summed E-state index contributed by atoms with van der Waals surface area (Å²) in [6.07, 6.45) is 19.5. The van der Waals surface area contributed by atoms with Gasteiger partial charge in [0.25, 0.3) is 0 Å². The largest absolute Gasteiger partial charge is 0.236 e. The molecule has 1 heterocycles. The van der Waals surface area contributed by atoms with Crippen LogP contribution < -0.4 is 0 Å². The van der Waals surface area contributed by atoms with E-state index in [1.54, 1.807) is 0 Å². The molecule has 1 aliphatic rings. The van der Waals surface area contributed by atoms with Gasteiger partial charge in [-0.05, 0) is 67.9 Å². The van der Waals surface area contributed by atoms with Gasteiger partial charge in [0.2, 0.25) is 0 Å². The Morgan fingerprint density at radius 1 is 0.970 bits per heavy atom. The Kier molecular flexibility index (Phi) is 9.92. The van der Waals surface area contributed by atoms with Crippen molar-refractivity contribution in [3.63, 3.8) is 0 Å². The molecule has 2 aromatic rings. The van der Waals surface area contributed by atoms with E-state index in [1.807, 2.05) is 12.4 Å². The standard InChI is InChI=1S/C30H43N3/c1-4-6-7-8-9-10-11-25-21-32-29(33-22-25)28-14-12-26(13-15-28)27-16-18-30(23-31,19-17-27)20-24(3)5-2/h12-15,21-22,24,27H,4-11,16-20H2,1-3H3/t24-,27-,30-/m1/s1. The normalized spacial score (nSPS) is 21.5. The van der Waals surface area contributed by atoms with Crippen LogP contribution in [0.15, 0.2) is 36.7 Å². The second-order valence-electron chi connectivity index (χ2n) is 10.4. The molecular weight excluding hydrogens is 402 g/mol. The second-order valence-corrected chi connectivity index (χ2v) is 10.4. The molecule has 3 nitrogen and oxygen atoms in total. The summed E-state index contributed by atoms with van der Waals surface area (Å²) in [6, 6.07) is 11.5. The molecule has 1 atom stereocenters. The first-order valence-corrected chi connectivity index (χ1v) is 13.4.